The van der Waals surface area contributed by atoms with Gasteiger partial charge in [-0.15, -0.1) is 0 Å². The summed E-state index contributed by atoms with van der Waals surface area (Å²) in [6.07, 6.45) is 5.32. The third-order valence-electron chi connectivity index (χ3n) is 4.24. The Labute approximate surface area is 139 Å². The van der Waals surface area contributed by atoms with E-state index in [-0.39, 0.29) is 18.7 Å². The van der Waals surface area contributed by atoms with Gasteiger partial charge in [0.25, 0.3) is 5.91 Å². The average Bonchev–Trinajstić information content (AvgIpc) is 2.78. The zero-order valence-electron chi connectivity index (χ0n) is 13.4. The summed E-state index contributed by atoms with van der Waals surface area (Å²) in [7, 11) is 0. The molecule has 5 nitrogen and oxygen atoms in total. The van der Waals surface area contributed by atoms with Gasteiger partial charge in [-0.3, -0.25) is 9.59 Å². The molecule has 0 heterocycles. The van der Waals surface area contributed by atoms with Crippen molar-refractivity contribution in [2.75, 3.05) is 13.1 Å². The van der Waals surface area contributed by atoms with Crippen molar-refractivity contribution in [1.29, 1.82) is 0 Å². The highest BCUT2D eigenvalue weighted by Crippen LogP contribution is 2.26. The van der Waals surface area contributed by atoms with Crippen molar-refractivity contribution in [3.05, 3.63) is 35.4 Å². The van der Waals surface area contributed by atoms with Gasteiger partial charge in [-0.2, -0.15) is 0 Å². The third-order valence-corrected chi connectivity index (χ3v) is 4.24. The van der Waals surface area contributed by atoms with Gasteiger partial charge in [0.2, 0.25) is 5.91 Å². The largest absolute Gasteiger partial charge is 0.388 e. The molecule has 3 N–H and O–H groups in total. The lowest BCUT2D eigenvalue weighted by Gasteiger charge is -2.26. The predicted octanol–water partition coefficient (Wildman–Crippen LogP) is 1.90. The fraction of sp³-hybridized carbons (Fsp3) is 0.529. The highest BCUT2D eigenvalue weighted by molar-refractivity contribution is 5.96. The van der Waals surface area contributed by atoms with Crippen molar-refractivity contribution in [3.63, 3.8) is 0 Å². The summed E-state index contributed by atoms with van der Waals surface area (Å²) in [4.78, 5) is 23.6. The molecule has 0 bridgehead atoms. The van der Waals surface area contributed by atoms with Crippen LogP contribution < -0.4 is 10.6 Å². The first-order valence-electron chi connectivity index (χ1n) is 8.12. The maximum Gasteiger partial charge on any atom is 0.251 e. The maximum atomic E-state index is 13.1. The van der Waals surface area contributed by atoms with Crippen LogP contribution in [0.15, 0.2) is 18.2 Å². The molecule has 1 aliphatic rings. The van der Waals surface area contributed by atoms with Crippen LogP contribution >= 0.6 is 0 Å². The van der Waals surface area contributed by atoms with E-state index in [1.807, 2.05) is 0 Å². The van der Waals surface area contributed by atoms with Crippen LogP contribution in [-0.2, 0) is 4.79 Å². The van der Waals surface area contributed by atoms with E-state index in [4.69, 9.17) is 0 Å². The molecule has 2 rings (SSSR count). The van der Waals surface area contributed by atoms with Gasteiger partial charge in [-0.05, 0) is 31.0 Å². The molecule has 0 saturated heterocycles. The van der Waals surface area contributed by atoms with Gasteiger partial charge in [0.15, 0.2) is 11.6 Å². The summed E-state index contributed by atoms with van der Waals surface area (Å²) in [5, 5.41) is 15.4. The topological polar surface area (TPSA) is 78.4 Å². The van der Waals surface area contributed by atoms with E-state index < -0.39 is 29.0 Å². The van der Waals surface area contributed by atoms with Gasteiger partial charge >= 0.3 is 0 Å². The normalized spacial score (nSPS) is 17.0. The van der Waals surface area contributed by atoms with E-state index >= 15 is 0 Å². The highest BCUT2D eigenvalue weighted by Gasteiger charge is 2.28. The Morgan fingerprint density at radius 2 is 1.71 bits per heavy atom. The predicted molar refractivity (Wildman–Crippen MR) is 84.4 cm³/mol. The molecule has 7 heteroatoms. The minimum Gasteiger partial charge on any atom is -0.388 e. The van der Waals surface area contributed by atoms with Gasteiger partial charge < -0.3 is 15.7 Å². The molecule has 24 heavy (non-hydrogen) atoms. The van der Waals surface area contributed by atoms with Crippen molar-refractivity contribution >= 4 is 11.8 Å². The zero-order valence-corrected chi connectivity index (χ0v) is 13.4. The van der Waals surface area contributed by atoms with Gasteiger partial charge in [-0.25, -0.2) is 8.78 Å². The van der Waals surface area contributed by atoms with E-state index in [2.05, 4.69) is 10.6 Å². The number of nitrogens with one attached hydrogen (secondary N) is 2. The number of aliphatic hydroxyl groups is 1. The number of benzene rings is 1. The van der Waals surface area contributed by atoms with Crippen LogP contribution in [0.4, 0.5) is 8.78 Å². The number of carbonyl (C=O) groups is 2. The monoisotopic (exact) mass is 340 g/mol. The van der Waals surface area contributed by atoms with E-state index in [0.29, 0.717) is 12.8 Å². The molecular formula is C17H22F2N2O3. The second-order valence-corrected chi connectivity index (χ2v) is 6.23. The third kappa shape index (κ3) is 5.26. The van der Waals surface area contributed by atoms with Crippen LogP contribution in [0.3, 0.4) is 0 Å². The summed E-state index contributed by atoms with van der Waals surface area (Å²) >= 11 is 0. The zero-order chi connectivity index (χ0) is 17.6. The Bertz CT molecular complexity index is 599. The molecule has 1 aliphatic carbocycles. The van der Waals surface area contributed by atoms with Gasteiger partial charge in [0.05, 0.1) is 12.1 Å². The van der Waals surface area contributed by atoms with Crippen LogP contribution in [0.5, 0.6) is 0 Å². The number of carbonyl (C=O) groups excluding carboxylic acids is 2. The summed E-state index contributed by atoms with van der Waals surface area (Å²) in [5.74, 6) is -3.27. The summed E-state index contributed by atoms with van der Waals surface area (Å²) < 4.78 is 25.9. The molecule has 0 spiro atoms. The Balaban J connectivity index is 1.78. The first-order chi connectivity index (χ1) is 11.4. The van der Waals surface area contributed by atoms with Crippen LogP contribution in [0.25, 0.3) is 0 Å². The summed E-state index contributed by atoms with van der Waals surface area (Å²) in [5.41, 5.74) is -0.958. The number of rotatable bonds is 5. The molecule has 0 aromatic heterocycles. The summed E-state index contributed by atoms with van der Waals surface area (Å²) in [6.45, 7) is -0.152. The minimum absolute atomic E-state index is 0.0657. The Kier molecular flexibility index (Phi) is 6.25. The Morgan fingerprint density at radius 1 is 1.04 bits per heavy atom. The summed E-state index contributed by atoms with van der Waals surface area (Å²) in [6, 6.07) is 2.77. The van der Waals surface area contributed by atoms with Crippen molar-refractivity contribution < 1.29 is 23.5 Å². The van der Waals surface area contributed by atoms with Crippen LogP contribution in [0, 0.1) is 11.6 Å². The van der Waals surface area contributed by atoms with Crippen molar-refractivity contribution in [3.8, 4) is 0 Å². The first kappa shape index (κ1) is 18.3. The lowest BCUT2D eigenvalue weighted by atomic mass is 9.94. The Hall–Kier alpha value is -2.02. The number of halogens is 2. The molecule has 0 unspecified atom stereocenters. The molecule has 0 atom stereocenters. The number of hydrogen-bond donors (Lipinski definition) is 3. The molecule has 2 amide bonds. The Morgan fingerprint density at radius 3 is 2.33 bits per heavy atom. The lowest BCUT2D eigenvalue weighted by molar-refractivity contribution is -0.121. The minimum atomic E-state index is -1.12. The maximum absolute atomic E-state index is 13.1. The number of hydrogen-bond acceptors (Lipinski definition) is 3. The smallest absolute Gasteiger partial charge is 0.251 e. The van der Waals surface area contributed by atoms with Crippen LogP contribution in [0.1, 0.15) is 48.9 Å². The molecule has 1 fully saturated rings. The fourth-order valence-corrected chi connectivity index (χ4v) is 2.79. The molecule has 132 valence electrons. The fourth-order valence-electron chi connectivity index (χ4n) is 2.79. The van der Waals surface area contributed by atoms with Crippen molar-refractivity contribution in [2.45, 2.75) is 44.1 Å². The van der Waals surface area contributed by atoms with E-state index in [1.54, 1.807) is 0 Å². The molecule has 1 saturated carbocycles. The molecule has 0 aliphatic heterocycles. The number of amides is 2. The van der Waals surface area contributed by atoms with Gasteiger partial charge in [0.1, 0.15) is 0 Å². The SMILES string of the molecule is O=C(CNC(=O)c1ccc(F)c(F)c1)NCC1(O)CCCCCC1. The van der Waals surface area contributed by atoms with Crippen molar-refractivity contribution in [1.82, 2.24) is 10.6 Å². The standard InChI is InChI=1S/C17H22F2N2O3/c18-13-6-5-12(9-14(13)19)16(23)20-10-15(22)21-11-17(24)7-3-1-2-4-8-17/h5-6,9,24H,1-4,7-8,10-11H2,(H,20,23)(H,21,22). The van der Waals surface area contributed by atoms with Gasteiger partial charge in [-0.1, -0.05) is 25.7 Å². The molecule has 0 radical (unpaired) electrons. The second-order valence-electron chi connectivity index (χ2n) is 6.23. The molecular weight excluding hydrogens is 318 g/mol. The van der Waals surface area contributed by atoms with Crippen LogP contribution in [-0.4, -0.2) is 35.6 Å². The van der Waals surface area contributed by atoms with Gasteiger partial charge in [0, 0.05) is 12.1 Å². The molecule has 1 aromatic carbocycles. The molecule has 1 aromatic rings. The van der Waals surface area contributed by atoms with Crippen LogP contribution in [0.2, 0.25) is 0 Å². The second kappa shape index (κ2) is 8.19. The highest BCUT2D eigenvalue weighted by atomic mass is 19.2. The van der Waals surface area contributed by atoms with Crippen molar-refractivity contribution in [2.24, 2.45) is 0 Å². The first-order valence-corrected chi connectivity index (χ1v) is 8.12. The van der Waals surface area contributed by atoms with E-state index in [0.717, 1.165) is 43.9 Å². The quantitative estimate of drug-likeness (QED) is 0.717. The van der Waals surface area contributed by atoms with E-state index in [1.165, 1.54) is 0 Å². The lowest BCUT2D eigenvalue weighted by Crippen LogP contribution is -2.45. The van der Waals surface area contributed by atoms with E-state index in [9.17, 15) is 23.5 Å². The average molecular weight is 340 g/mol.